The first-order chi connectivity index (χ1) is 12.5. The summed E-state index contributed by atoms with van der Waals surface area (Å²) in [6.45, 7) is 0.711. The van der Waals surface area contributed by atoms with E-state index in [2.05, 4.69) is 5.32 Å². The van der Waals surface area contributed by atoms with Crippen LogP contribution in [0.5, 0.6) is 5.75 Å². The highest BCUT2D eigenvalue weighted by Crippen LogP contribution is 2.31. The van der Waals surface area contributed by atoms with E-state index < -0.39 is 19.0 Å². The van der Waals surface area contributed by atoms with Crippen molar-refractivity contribution in [2.75, 3.05) is 6.54 Å². The van der Waals surface area contributed by atoms with Crippen LogP contribution in [0.3, 0.4) is 0 Å². The molecule has 26 heavy (non-hydrogen) atoms. The molecule has 1 saturated carbocycles. The van der Waals surface area contributed by atoms with Gasteiger partial charge in [0.15, 0.2) is 0 Å². The smallest absolute Gasteiger partial charge is 0.534 e. The maximum Gasteiger partial charge on any atom is 0.547 e. The molecule has 140 valence electrons. The van der Waals surface area contributed by atoms with E-state index in [0.29, 0.717) is 36.8 Å². The van der Waals surface area contributed by atoms with Crippen molar-refractivity contribution in [3.8, 4) is 5.75 Å². The van der Waals surface area contributed by atoms with E-state index >= 15 is 0 Å². The number of hydrogen-bond donors (Lipinski definition) is 4. The molecule has 1 aromatic carbocycles. The number of carbonyl (C=O) groups excluding carboxylic acids is 1. The molecule has 1 aromatic rings. The van der Waals surface area contributed by atoms with Crippen molar-refractivity contribution in [1.29, 1.82) is 0 Å². The van der Waals surface area contributed by atoms with Gasteiger partial charge in [0.1, 0.15) is 5.75 Å². The number of rotatable bonds is 5. The van der Waals surface area contributed by atoms with Gasteiger partial charge in [-0.3, -0.25) is 4.79 Å². The average molecular weight is 360 g/mol. The van der Waals surface area contributed by atoms with E-state index in [9.17, 15) is 19.7 Å². The van der Waals surface area contributed by atoms with Gasteiger partial charge in [0, 0.05) is 6.42 Å². The van der Waals surface area contributed by atoms with Crippen molar-refractivity contribution in [1.82, 2.24) is 5.32 Å². The molecule has 0 bridgehead atoms. The fraction of sp³-hybridized carbons (Fsp3) is 0.556. The zero-order chi connectivity index (χ0) is 18.7. The Labute approximate surface area is 153 Å². The summed E-state index contributed by atoms with van der Waals surface area (Å²) in [5.41, 5.74) is 6.39. The zero-order valence-electron chi connectivity index (χ0n) is 14.7. The monoisotopic (exact) mass is 360 g/mol. The van der Waals surface area contributed by atoms with Gasteiger partial charge >= 0.3 is 13.1 Å². The molecule has 1 aliphatic carbocycles. The number of nitrogens with one attached hydrogen (secondary N) is 1. The molecule has 1 heterocycles. The minimum Gasteiger partial charge on any atom is -0.534 e. The van der Waals surface area contributed by atoms with Gasteiger partial charge < -0.3 is 25.8 Å². The van der Waals surface area contributed by atoms with Crippen LogP contribution in [-0.2, 0) is 11.2 Å². The fourth-order valence-electron chi connectivity index (χ4n) is 3.92. The Bertz CT molecular complexity index is 676. The van der Waals surface area contributed by atoms with Crippen LogP contribution in [0.4, 0.5) is 0 Å². The fourth-order valence-corrected chi connectivity index (χ4v) is 3.92. The number of carboxylic acids is 1. The minimum atomic E-state index is -1.26. The lowest BCUT2D eigenvalue weighted by molar-refractivity contribution is -0.122. The molecular formula is C18H25BN2O5. The Balaban J connectivity index is 1.58. The molecule has 0 aromatic heterocycles. The first-order valence-corrected chi connectivity index (χ1v) is 9.17. The number of para-hydroxylation sites is 1. The average Bonchev–Trinajstić information content (AvgIpc) is 2.62. The first-order valence-electron chi connectivity index (χ1n) is 9.17. The highest BCUT2D eigenvalue weighted by molar-refractivity contribution is 6.47. The number of amides is 1. The predicted octanol–water partition coefficient (Wildman–Crippen LogP) is 0.979. The van der Waals surface area contributed by atoms with Crippen LogP contribution in [-0.4, -0.2) is 41.6 Å². The lowest BCUT2D eigenvalue weighted by Gasteiger charge is -2.30. The van der Waals surface area contributed by atoms with Crippen molar-refractivity contribution in [3.05, 3.63) is 29.3 Å². The summed E-state index contributed by atoms with van der Waals surface area (Å²) < 4.78 is 5.40. The molecule has 0 unspecified atom stereocenters. The van der Waals surface area contributed by atoms with Gasteiger partial charge in [0.25, 0.3) is 0 Å². The Kier molecular flexibility index (Phi) is 5.83. The molecule has 1 fully saturated rings. The molecule has 0 radical (unpaired) electrons. The third kappa shape index (κ3) is 4.19. The van der Waals surface area contributed by atoms with Gasteiger partial charge in [-0.05, 0) is 62.1 Å². The topological polar surface area (TPSA) is 122 Å². The van der Waals surface area contributed by atoms with Crippen LogP contribution < -0.4 is 15.7 Å². The Morgan fingerprint density at radius 2 is 1.92 bits per heavy atom. The van der Waals surface area contributed by atoms with Gasteiger partial charge in [-0.15, -0.1) is 0 Å². The quantitative estimate of drug-likeness (QED) is 0.581. The molecule has 0 saturated heterocycles. The molecule has 1 amide bonds. The SMILES string of the molecule is NCC1CCC(CC(=O)N[C@H]2Cc3cccc(C(=O)O)c3OB2O)CC1. The van der Waals surface area contributed by atoms with Crippen LogP contribution in [0.1, 0.15) is 48.0 Å². The largest absolute Gasteiger partial charge is 0.547 e. The van der Waals surface area contributed by atoms with Gasteiger partial charge in [-0.2, -0.15) is 0 Å². The minimum absolute atomic E-state index is 0.0167. The Morgan fingerprint density at radius 1 is 1.23 bits per heavy atom. The molecule has 0 spiro atoms. The molecule has 5 N–H and O–H groups in total. The molecule has 2 aliphatic rings. The van der Waals surface area contributed by atoms with Crippen molar-refractivity contribution in [3.63, 3.8) is 0 Å². The molecular weight excluding hydrogens is 335 g/mol. The number of carboxylic acid groups (broad SMARTS) is 1. The summed E-state index contributed by atoms with van der Waals surface area (Å²) in [5, 5.41) is 22.3. The highest BCUT2D eigenvalue weighted by Gasteiger charge is 2.38. The van der Waals surface area contributed by atoms with Crippen molar-refractivity contribution in [2.24, 2.45) is 17.6 Å². The lowest BCUT2D eigenvalue weighted by Crippen LogP contribution is -2.53. The summed E-state index contributed by atoms with van der Waals surface area (Å²) in [5.74, 6) is -0.693. The normalized spacial score (nSPS) is 25.2. The van der Waals surface area contributed by atoms with Crippen LogP contribution in [0.15, 0.2) is 18.2 Å². The Hall–Kier alpha value is -2.06. The summed E-state index contributed by atoms with van der Waals surface area (Å²) in [6, 6.07) is 4.82. The molecule has 7 nitrogen and oxygen atoms in total. The second-order valence-electron chi connectivity index (χ2n) is 7.31. The predicted molar refractivity (Wildman–Crippen MR) is 96.8 cm³/mol. The third-order valence-electron chi connectivity index (χ3n) is 5.47. The van der Waals surface area contributed by atoms with E-state index in [1.54, 1.807) is 12.1 Å². The van der Waals surface area contributed by atoms with E-state index in [4.69, 9.17) is 10.4 Å². The van der Waals surface area contributed by atoms with E-state index in [0.717, 1.165) is 25.7 Å². The number of benzene rings is 1. The Morgan fingerprint density at radius 3 is 2.58 bits per heavy atom. The first kappa shape index (κ1) is 18.7. The molecule has 8 heteroatoms. The lowest BCUT2D eigenvalue weighted by atomic mass is 9.72. The maximum atomic E-state index is 12.4. The second kappa shape index (κ2) is 8.10. The summed E-state index contributed by atoms with van der Waals surface area (Å²) in [6.07, 6.45) is 4.91. The van der Waals surface area contributed by atoms with Crippen molar-refractivity contribution < 1.29 is 24.4 Å². The van der Waals surface area contributed by atoms with E-state index in [-0.39, 0.29) is 17.2 Å². The van der Waals surface area contributed by atoms with Gasteiger partial charge in [0.2, 0.25) is 5.91 Å². The van der Waals surface area contributed by atoms with Gasteiger partial charge in [-0.25, -0.2) is 4.79 Å². The highest BCUT2D eigenvalue weighted by atomic mass is 16.5. The van der Waals surface area contributed by atoms with E-state index in [1.807, 2.05) is 0 Å². The number of carbonyl (C=O) groups is 2. The second-order valence-corrected chi connectivity index (χ2v) is 7.31. The number of nitrogens with two attached hydrogens (primary N) is 1. The van der Waals surface area contributed by atoms with Crippen molar-refractivity contribution >= 4 is 19.0 Å². The van der Waals surface area contributed by atoms with E-state index in [1.165, 1.54) is 6.07 Å². The zero-order valence-corrected chi connectivity index (χ0v) is 14.7. The summed E-state index contributed by atoms with van der Waals surface area (Å²) >= 11 is 0. The van der Waals surface area contributed by atoms with Gasteiger partial charge in [-0.1, -0.05) is 12.1 Å². The van der Waals surface area contributed by atoms with Crippen LogP contribution in [0.25, 0.3) is 0 Å². The number of aromatic carboxylic acids is 1. The molecule has 1 aliphatic heterocycles. The maximum absolute atomic E-state index is 12.4. The molecule has 1 atom stereocenters. The third-order valence-corrected chi connectivity index (χ3v) is 5.47. The van der Waals surface area contributed by atoms with Crippen LogP contribution >= 0.6 is 0 Å². The molecule has 3 rings (SSSR count). The standard InChI is InChI=1S/C18H25BN2O5/c20-10-12-6-4-11(5-7-12)8-16(22)21-15-9-13-2-1-3-14(18(23)24)17(13)26-19(15)25/h1-3,11-12,15,25H,4-10,20H2,(H,21,22)(H,23,24)/t11?,12?,15-/m0/s1. The van der Waals surface area contributed by atoms with Crippen LogP contribution in [0, 0.1) is 11.8 Å². The summed E-state index contributed by atoms with van der Waals surface area (Å²) in [4.78, 5) is 23.6. The number of fused-ring (bicyclic) bond motifs is 1. The van der Waals surface area contributed by atoms with Gasteiger partial charge in [0.05, 0.1) is 11.5 Å². The van der Waals surface area contributed by atoms with Crippen LogP contribution in [0.2, 0.25) is 0 Å². The summed E-state index contributed by atoms with van der Waals surface area (Å²) in [7, 11) is -1.26. The van der Waals surface area contributed by atoms with Crippen molar-refractivity contribution in [2.45, 2.75) is 44.5 Å². The number of hydrogen-bond acceptors (Lipinski definition) is 5.